The molecule has 4 heteroatoms. The highest BCUT2D eigenvalue weighted by molar-refractivity contribution is 4.99. The van der Waals surface area contributed by atoms with Crippen LogP contribution in [0.5, 0.6) is 0 Å². The summed E-state index contributed by atoms with van der Waals surface area (Å²) in [5, 5.41) is 3.81. The van der Waals surface area contributed by atoms with Crippen molar-refractivity contribution in [3.05, 3.63) is 16.4 Å². The zero-order chi connectivity index (χ0) is 15.6. The van der Waals surface area contributed by atoms with Crippen LogP contribution < -0.4 is 5.76 Å². The lowest BCUT2D eigenvalue weighted by atomic mass is 9.86. The van der Waals surface area contributed by atoms with E-state index < -0.39 is 5.76 Å². The SMILES string of the molecule is CCCCCCCCCCCCC(C)(C)c1noc(=O)[nH]1. The molecule has 0 unspecified atom stereocenters. The van der Waals surface area contributed by atoms with Crippen LogP contribution in [0.25, 0.3) is 0 Å². The van der Waals surface area contributed by atoms with E-state index in [0.717, 1.165) is 6.42 Å². The van der Waals surface area contributed by atoms with Gasteiger partial charge in [-0.25, -0.2) is 4.79 Å². The number of rotatable bonds is 12. The monoisotopic (exact) mass is 296 g/mol. The van der Waals surface area contributed by atoms with E-state index in [9.17, 15) is 4.79 Å². The molecule has 0 saturated heterocycles. The Morgan fingerprint density at radius 1 is 0.952 bits per heavy atom. The highest BCUT2D eigenvalue weighted by atomic mass is 16.5. The smallest absolute Gasteiger partial charge is 0.296 e. The molecule has 0 amide bonds. The van der Waals surface area contributed by atoms with Gasteiger partial charge in [-0.2, -0.15) is 0 Å². The number of aromatic amines is 1. The summed E-state index contributed by atoms with van der Waals surface area (Å²) in [5.74, 6) is 0.213. The fourth-order valence-corrected chi connectivity index (χ4v) is 2.69. The van der Waals surface area contributed by atoms with Gasteiger partial charge in [-0.3, -0.25) is 9.51 Å². The molecule has 1 aromatic rings. The Hall–Kier alpha value is -1.06. The molecule has 1 aromatic heterocycles. The third kappa shape index (κ3) is 7.49. The van der Waals surface area contributed by atoms with E-state index in [1.165, 1.54) is 64.2 Å². The van der Waals surface area contributed by atoms with Crippen LogP contribution in [-0.4, -0.2) is 10.1 Å². The van der Waals surface area contributed by atoms with Crippen LogP contribution in [0, 0.1) is 0 Å². The third-order valence-electron chi connectivity index (χ3n) is 4.24. The lowest BCUT2D eigenvalue weighted by Crippen LogP contribution is -2.20. The summed E-state index contributed by atoms with van der Waals surface area (Å²) in [6.07, 6.45) is 14.4. The van der Waals surface area contributed by atoms with Gasteiger partial charge < -0.3 is 0 Å². The first-order valence-corrected chi connectivity index (χ1v) is 8.63. The van der Waals surface area contributed by atoms with Gasteiger partial charge in [-0.1, -0.05) is 90.1 Å². The molecule has 21 heavy (non-hydrogen) atoms. The van der Waals surface area contributed by atoms with Crippen molar-refractivity contribution in [1.29, 1.82) is 0 Å². The Morgan fingerprint density at radius 3 is 1.95 bits per heavy atom. The molecule has 0 saturated carbocycles. The summed E-state index contributed by atoms with van der Waals surface area (Å²) in [4.78, 5) is 13.7. The van der Waals surface area contributed by atoms with Crippen LogP contribution >= 0.6 is 0 Å². The zero-order valence-corrected chi connectivity index (χ0v) is 14.0. The molecule has 0 atom stereocenters. The standard InChI is InChI=1S/C17H32N2O2/c1-4-5-6-7-8-9-10-11-12-13-14-17(2,3)15-18-16(20)21-19-15/h4-14H2,1-3H3,(H,18,19,20). The number of hydrogen-bond acceptors (Lipinski definition) is 3. The van der Waals surface area contributed by atoms with E-state index in [0.29, 0.717) is 5.82 Å². The normalized spacial score (nSPS) is 12.0. The van der Waals surface area contributed by atoms with Crippen LogP contribution in [0.1, 0.15) is 97.2 Å². The largest absolute Gasteiger partial charge is 0.438 e. The van der Waals surface area contributed by atoms with Crippen molar-refractivity contribution in [2.24, 2.45) is 0 Å². The lowest BCUT2D eigenvalue weighted by molar-refractivity contribution is 0.353. The van der Waals surface area contributed by atoms with Crippen LogP contribution in [-0.2, 0) is 5.41 Å². The van der Waals surface area contributed by atoms with Crippen molar-refractivity contribution in [1.82, 2.24) is 10.1 Å². The van der Waals surface area contributed by atoms with E-state index in [2.05, 4.69) is 35.4 Å². The number of nitrogens with one attached hydrogen (secondary N) is 1. The highest BCUT2D eigenvalue weighted by Crippen LogP contribution is 2.26. The predicted molar refractivity (Wildman–Crippen MR) is 86.6 cm³/mol. The van der Waals surface area contributed by atoms with Crippen molar-refractivity contribution >= 4 is 0 Å². The molecule has 122 valence electrons. The summed E-state index contributed by atoms with van der Waals surface area (Å²) in [6.45, 7) is 6.47. The quantitative estimate of drug-likeness (QED) is 0.555. The molecule has 1 heterocycles. The first kappa shape index (κ1) is 18.0. The van der Waals surface area contributed by atoms with E-state index in [1.807, 2.05) is 0 Å². The van der Waals surface area contributed by atoms with E-state index in [-0.39, 0.29) is 5.41 Å². The lowest BCUT2D eigenvalue weighted by Gasteiger charge is -2.20. The third-order valence-corrected chi connectivity index (χ3v) is 4.24. The van der Waals surface area contributed by atoms with Gasteiger partial charge in [0.15, 0.2) is 5.82 Å². The van der Waals surface area contributed by atoms with Crippen molar-refractivity contribution in [3.63, 3.8) is 0 Å². The van der Waals surface area contributed by atoms with Gasteiger partial charge in [-0.15, -0.1) is 0 Å². The Labute approximate surface area is 128 Å². The average molecular weight is 296 g/mol. The van der Waals surface area contributed by atoms with Crippen LogP contribution in [0.3, 0.4) is 0 Å². The van der Waals surface area contributed by atoms with Gasteiger partial charge in [0.25, 0.3) is 0 Å². The van der Waals surface area contributed by atoms with Crippen molar-refractivity contribution in [2.75, 3.05) is 0 Å². The van der Waals surface area contributed by atoms with Crippen molar-refractivity contribution in [2.45, 2.75) is 96.8 Å². The van der Waals surface area contributed by atoms with Gasteiger partial charge in [-0.05, 0) is 6.42 Å². The van der Waals surface area contributed by atoms with Gasteiger partial charge >= 0.3 is 5.76 Å². The van der Waals surface area contributed by atoms with E-state index in [1.54, 1.807) is 0 Å². The number of aromatic nitrogens is 2. The summed E-state index contributed by atoms with van der Waals surface area (Å²) in [5.41, 5.74) is -0.105. The molecule has 0 aliphatic heterocycles. The Morgan fingerprint density at radius 2 is 1.48 bits per heavy atom. The van der Waals surface area contributed by atoms with Crippen LogP contribution in [0.2, 0.25) is 0 Å². The summed E-state index contributed by atoms with van der Waals surface area (Å²) in [7, 11) is 0. The molecule has 0 radical (unpaired) electrons. The molecule has 0 spiro atoms. The second-order valence-corrected chi connectivity index (χ2v) is 6.76. The van der Waals surface area contributed by atoms with Crippen LogP contribution in [0.15, 0.2) is 9.32 Å². The first-order valence-electron chi connectivity index (χ1n) is 8.63. The maximum atomic E-state index is 11.0. The maximum Gasteiger partial charge on any atom is 0.438 e. The Kier molecular flexibility index (Phi) is 8.40. The number of H-pyrrole nitrogens is 1. The fraction of sp³-hybridized carbons (Fsp3) is 0.882. The topological polar surface area (TPSA) is 58.9 Å². The minimum Gasteiger partial charge on any atom is -0.296 e. The number of unbranched alkanes of at least 4 members (excludes halogenated alkanes) is 9. The fourth-order valence-electron chi connectivity index (χ4n) is 2.69. The zero-order valence-electron chi connectivity index (χ0n) is 14.0. The molecule has 0 aromatic carbocycles. The maximum absolute atomic E-state index is 11.0. The average Bonchev–Trinajstić information content (AvgIpc) is 2.88. The second-order valence-electron chi connectivity index (χ2n) is 6.76. The summed E-state index contributed by atoms with van der Waals surface area (Å²) < 4.78 is 4.59. The molecular formula is C17H32N2O2. The molecular weight excluding hydrogens is 264 g/mol. The molecule has 1 rings (SSSR count). The van der Waals surface area contributed by atoms with Crippen molar-refractivity contribution in [3.8, 4) is 0 Å². The number of hydrogen-bond donors (Lipinski definition) is 1. The minimum atomic E-state index is -0.457. The molecule has 1 N–H and O–H groups in total. The minimum absolute atomic E-state index is 0.105. The van der Waals surface area contributed by atoms with Gasteiger partial charge in [0.1, 0.15) is 0 Å². The second kappa shape index (κ2) is 9.80. The number of nitrogens with zero attached hydrogens (tertiary/aromatic N) is 1. The van der Waals surface area contributed by atoms with Gasteiger partial charge in [0.2, 0.25) is 0 Å². The van der Waals surface area contributed by atoms with Gasteiger partial charge in [0.05, 0.1) is 0 Å². The molecule has 0 fully saturated rings. The highest BCUT2D eigenvalue weighted by Gasteiger charge is 2.24. The van der Waals surface area contributed by atoms with Crippen molar-refractivity contribution < 1.29 is 4.52 Å². The Bertz CT molecular complexity index is 420. The molecule has 0 aliphatic carbocycles. The molecule has 0 aliphatic rings. The molecule has 0 bridgehead atoms. The summed E-state index contributed by atoms with van der Waals surface area (Å²) in [6, 6.07) is 0. The Balaban J connectivity index is 2.02. The van der Waals surface area contributed by atoms with E-state index >= 15 is 0 Å². The first-order chi connectivity index (χ1) is 10.1. The molecule has 4 nitrogen and oxygen atoms in total. The van der Waals surface area contributed by atoms with Crippen LogP contribution in [0.4, 0.5) is 0 Å². The van der Waals surface area contributed by atoms with Gasteiger partial charge in [0, 0.05) is 5.41 Å². The summed E-state index contributed by atoms with van der Waals surface area (Å²) >= 11 is 0. The predicted octanol–water partition coefficient (Wildman–Crippen LogP) is 4.95. The van der Waals surface area contributed by atoms with E-state index in [4.69, 9.17) is 0 Å².